The number of carbonyl (C=O) groups is 1. The molecule has 2 N–H and O–H groups in total. The van der Waals surface area contributed by atoms with Crippen molar-refractivity contribution < 1.29 is 14.8 Å². The lowest BCUT2D eigenvalue weighted by atomic mass is 9.79. The van der Waals surface area contributed by atoms with Crippen molar-refractivity contribution in [1.82, 2.24) is 10.2 Å². The van der Waals surface area contributed by atoms with Gasteiger partial charge in [0, 0.05) is 44.6 Å². The molecule has 0 aromatic heterocycles. The van der Waals surface area contributed by atoms with Gasteiger partial charge in [0.1, 0.15) is 17.3 Å². The van der Waals surface area contributed by atoms with E-state index in [1.54, 1.807) is 18.2 Å². The highest BCUT2D eigenvalue weighted by atomic mass is 16.6. The van der Waals surface area contributed by atoms with Gasteiger partial charge < -0.3 is 15.3 Å². The Balaban J connectivity index is 1.14. The molecule has 0 radical (unpaired) electrons. The van der Waals surface area contributed by atoms with Gasteiger partial charge >= 0.3 is 0 Å². The second kappa shape index (κ2) is 8.82. The van der Waals surface area contributed by atoms with Gasteiger partial charge in [0.2, 0.25) is 5.91 Å². The van der Waals surface area contributed by atoms with Crippen molar-refractivity contribution in [2.75, 3.05) is 37.6 Å². The van der Waals surface area contributed by atoms with E-state index in [1.165, 1.54) is 17.2 Å². The summed E-state index contributed by atoms with van der Waals surface area (Å²) >= 11 is 0. The molecule has 1 saturated heterocycles. The lowest BCUT2D eigenvalue weighted by Gasteiger charge is -2.35. The monoisotopic (exact) mass is 449 g/mol. The number of aryl methyl sites for hydroxylation is 1. The lowest BCUT2D eigenvalue weighted by Crippen LogP contribution is -2.50. The molecule has 9 heteroatoms. The first-order valence-electron chi connectivity index (χ1n) is 11.4. The zero-order chi connectivity index (χ0) is 22.9. The third-order valence-electron chi connectivity index (χ3n) is 6.88. The van der Waals surface area contributed by atoms with Crippen LogP contribution in [0.1, 0.15) is 29.9 Å². The predicted octanol–water partition coefficient (Wildman–Crippen LogP) is 2.44. The van der Waals surface area contributed by atoms with E-state index in [0.717, 1.165) is 18.7 Å². The minimum atomic E-state index is -0.351. The number of rotatable bonds is 4. The number of nitrogens with zero attached hydrogens (tertiary/aromatic N) is 4. The number of aliphatic imine (C=N–C) groups is 1. The molecule has 1 fully saturated rings. The smallest absolute Gasteiger partial charge is 0.292 e. The van der Waals surface area contributed by atoms with Gasteiger partial charge in [-0.2, -0.15) is 0 Å². The Morgan fingerprint density at radius 3 is 2.76 bits per heavy atom. The number of phenolic OH excluding ortho intramolecular Hbond substituents is 1. The van der Waals surface area contributed by atoms with Crippen molar-refractivity contribution in [1.29, 1.82) is 0 Å². The highest BCUT2D eigenvalue weighted by Gasteiger charge is 2.35. The van der Waals surface area contributed by atoms with Crippen LogP contribution in [0.25, 0.3) is 0 Å². The number of hydrogen-bond donors (Lipinski definition) is 2. The normalized spacial score (nSPS) is 22.3. The molecule has 0 spiro atoms. The van der Waals surface area contributed by atoms with E-state index in [4.69, 9.17) is 4.99 Å². The molecule has 0 saturated carbocycles. The number of amides is 1. The first kappa shape index (κ1) is 21.4. The molecule has 172 valence electrons. The first-order chi connectivity index (χ1) is 16.0. The molecule has 2 unspecified atom stereocenters. The molecular weight excluding hydrogens is 422 g/mol. The number of aromatic hydroxyl groups is 1. The van der Waals surface area contributed by atoms with Gasteiger partial charge in [-0.1, -0.05) is 18.2 Å². The molecule has 2 aliphatic heterocycles. The highest BCUT2D eigenvalue weighted by Crippen LogP contribution is 2.40. The summed E-state index contributed by atoms with van der Waals surface area (Å²) in [6.07, 6.45) is 2.52. The van der Waals surface area contributed by atoms with E-state index in [-0.39, 0.29) is 35.0 Å². The lowest BCUT2D eigenvalue weighted by molar-refractivity contribution is -0.384. The summed E-state index contributed by atoms with van der Waals surface area (Å²) in [5.74, 6) is 1.23. The quantitative estimate of drug-likeness (QED) is 0.548. The molecule has 3 aliphatic rings. The Labute approximate surface area is 191 Å². The van der Waals surface area contributed by atoms with Crippen LogP contribution in [0.4, 0.5) is 11.4 Å². The maximum absolute atomic E-state index is 12.7. The maximum Gasteiger partial charge on any atom is 0.292 e. The molecule has 2 aromatic rings. The number of amidine groups is 1. The van der Waals surface area contributed by atoms with Crippen molar-refractivity contribution in [3.8, 4) is 5.75 Å². The van der Waals surface area contributed by atoms with Crippen molar-refractivity contribution in [3.05, 3.63) is 63.7 Å². The minimum absolute atomic E-state index is 0.0718. The number of fused-ring (bicyclic) bond motifs is 3. The molecule has 1 amide bonds. The summed E-state index contributed by atoms with van der Waals surface area (Å²) in [4.78, 5) is 32.5. The number of piperazine rings is 1. The van der Waals surface area contributed by atoms with Gasteiger partial charge in [-0.15, -0.1) is 0 Å². The third kappa shape index (κ3) is 4.41. The van der Waals surface area contributed by atoms with Crippen molar-refractivity contribution in [2.24, 2.45) is 4.99 Å². The van der Waals surface area contributed by atoms with Crippen LogP contribution in [0.2, 0.25) is 0 Å². The van der Waals surface area contributed by atoms with Crippen LogP contribution in [0.3, 0.4) is 0 Å². The third-order valence-corrected chi connectivity index (χ3v) is 6.88. The van der Waals surface area contributed by atoms with Crippen LogP contribution in [-0.4, -0.2) is 65.4 Å². The molecule has 2 heterocycles. The molecule has 0 bridgehead atoms. The molecular formula is C24H27N5O4. The standard InChI is InChI=1S/C24H27N5O4/c30-17-6-7-18-16(13-17)5-8-20-19(18)14-23(25-20)26-24(31)15-27-9-11-28(12-10-27)21-3-1-2-4-22(21)29(32)33/h1-4,6-7,13,19-20,30H,5,8-12,14-15H2,(H,25,26,31). The predicted molar refractivity (Wildman–Crippen MR) is 125 cm³/mol. The van der Waals surface area contributed by atoms with Crippen molar-refractivity contribution in [3.63, 3.8) is 0 Å². The van der Waals surface area contributed by atoms with Gasteiger partial charge in [0.15, 0.2) is 0 Å². The summed E-state index contributed by atoms with van der Waals surface area (Å²) in [6, 6.07) is 12.5. The fraction of sp³-hybridized carbons (Fsp3) is 0.417. The number of phenols is 1. The maximum atomic E-state index is 12.7. The van der Waals surface area contributed by atoms with Crippen molar-refractivity contribution in [2.45, 2.75) is 31.2 Å². The number of nitrogens with one attached hydrogen (secondary N) is 1. The number of benzene rings is 2. The topological polar surface area (TPSA) is 111 Å². The molecule has 9 nitrogen and oxygen atoms in total. The zero-order valence-electron chi connectivity index (χ0n) is 18.3. The van der Waals surface area contributed by atoms with E-state index in [2.05, 4.69) is 10.2 Å². The summed E-state index contributed by atoms with van der Waals surface area (Å²) in [5.41, 5.74) is 3.14. The first-order valence-corrected chi connectivity index (χ1v) is 11.4. The van der Waals surface area contributed by atoms with E-state index < -0.39 is 0 Å². The van der Waals surface area contributed by atoms with Gasteiger partial charge in [0.05, 0.1) is 17.5 Å². The number of carbonyl (C=O) groups excluding carboxylic acids is 1. The van der Waals surface area contributed by atoms with E-state index in [9.17, 15) is 20.0 Å². The SMILES string of the molecule is O=C(CN1CCN(c2ccccc2[N+](=O)[O-])CC1)NC1=NC2CCc3cc(O)ccc3C2C1. The second-order valence-electron chi connectivity index (χ2n) is 8.93. The zero-order valence-corrected chi connectivity index (χ0v) is 18.3. The number of hydrogen-bond acceptors (Lipinski definition) is 7. The van der Waals surface area contributed by atoms with E-state index in [0.29, 0.717) is 44.0 Å². The Morgan fingerprint density at radius 2 is 1.97 bits per heavy atom. The van der Waals surface area contributed by atoms with E-state index in [1.807, 2.05) is 23.1 Å². The Morgan fingerprint density at radius 1 is 1.18 bits per heavy atom. The summed E-state index contributed by atoms with van der Waals surface area (Å²) in [5, 5.41) is 24.1. The number of nitro benzene ring substituents is 1. The van der Waals surface area contributed by atoms with Gasteiger partial charge in [-0.3, -0.25) is 24.8 Å². The molecule has 5 rings (SSSR count). The average Bonchev–Trinajstić information content (AvgIpc) is 3.22. The van der Waals surface area contributed by atoms with Crippen LogP contribution in [0.15, 0.2) is 47.5 Å². The van der Waals surface area contributed by atoms with Crippen LogP contribution < -0.4 is 10.2 Å². The molecule has 2 aromatic carbocycles. The fourth-order valence-electron chi connectivity index (χ4n) is 5.26. The minimum Gasteiger partial charge on any atom is -0.508 e. The van der Waals surface area contributed by atoms with Gasteiger partial charge in [0.25, 0.3) is 5.69 Å². The Bertz CT molecular complexity index is 1110. The fourth-order valence-corrected chi connectivity index (χ4v) is 5.26. The summed E-state index contributed by atoms with van der Waals surface area (Å²) < 4.78 is 0. The van der Waals surface area contributed by atoms with Gasteiger partial charge in [-0.05, 0) is 42.2 Å². The number of para-hydroxylation sites is 2. The second-order valence-corrected chi connectivity index (χ2v) is 8.93. The Hall–Kier alpha value is -3.46. The van der Waals surface area contributed by atoms with Crippen LogP contribution in [0.5, 0.6) is 5.75 Å². The van der Waals surface area contributed by atoms with Crippen LogP contribution in [0, 0.1) is 10.1 Å². The largest absolute Gasteiger partial charge is 0.508 e. The van der Waals surface area contributed by atoms with Crippen molar-refractivity contribution >= 4 is 23.1 Å². The Kier molecular flexibility index (Phi) is 5.72. The van der Waals surface area contributed by atoms with E-state index >= 15 is 0 Å². The molecule has 33 heavy (non-hydrogen) atoms. The molecule has 1 aliphatic carbocycles. The highest BCUT2D eigenvalue weighted by molar-refractivity contribution is 6.00. The number of anilines is 1. The average molecular weight is 450 g/mol. The van der Waals surface area contributed by atoms with Crippen LogP contribution in [-0.2, 0) is 11.2 Å². The number of nitro groups is 1. The summed E-state index contributed by atoms with van der Waals surface area (Å²) in [7, 11) is 0. The van der Waals surface area contributed by atoms with Gasteiger partial charge in [-0.25, -0.2) is 0 Å². The van der Waals surface area contributed by atoms with Crippen LogP contribution >= 0.6 is 0 Å². The summed E-state index contributed by atoms with van der Waals surface area (Å²) in [6.45, 7) is 2.87. The molecule has 2 atom stereocenters.